The Bertz CT molecular complexity index is 819. The fraction of sp³-hybridized carbons (Fsp3) is 0.500. The zero-order valence-electron chi connectivity index (χ0n) is 15.7. The number of hydrogen-bond acceptors (Lipinski definition) is 4. The van der Waals surface area contributed by atoms with Crippen molar-refractivity contribution in [2.24, 2.45) is 5.41 Å². The summed E-state index contributed by atoms with van der Waals surface area (Å²) < 4.78 is 5.68. The van der Waals surface area contributed by atoms with E-state index in [-0.39, 0.29) is 16.7 Å². The number of nitrogens with one attached hydrogen (secondary N) is 1. The molecule has 3 aliphatic rings. The Morgan fingerprint density at radius 3 is 2.54 bits per heavy atom. The van der Waals surface area contributed by atoms with Crippen LogP contribution in [0.3, 0.4) is 0 Å². The minimum atomic E-state index is 0.250. The van der Waals surface area contributed by atoms with Crippen molar-refractivity contribution in [1.29, 1.82) is 0 Å². The number of allylic oxidation sites excluding steroid dienone is 2. The second-order valence-electron chi connectivity index (χ2n) is 7.95. The molecule has 3 fully saturated rings. The van der Waals surface area contributed by atoms with E-state index in [4.69, 9.17) is 9.72 Å². The van der Waals surface area contributed by atoms with E-state index in [1.807, 2.05) is 19.2 Å². The zero-order chi connectivity index (χ0) is 18.2. The minimum Gasteiger partial charge on any atom is -0.508 e. The highest BCUT2D eigenvalue weighted by atomic mass is 16.5. The molecule has 0 unspecified atom stereocenters. The van der Waals surface area contributed by atoms with E-state index in [1.165, 1.54) is 44.3 Å². The van der Waals surface area contributed by atoms with Crippen LogP contribution in [0.4, 0.5) is 0 Å². The molecule has 3 saturated carbocycles. The summed E-state index contributed by atoms with van der Waals surface area (Å²) in [6.45, 7) is 2.89. The second kappa shape index (κ2) is 6.58. The quantitative estimate of drug-likeness (QED) is 0.768. The van der Waals surface area contributed by atoms with Gasteiger partial charge in [-0.2, -0.15) is 0 Å². The lowest BCUT2D eigenvalue weighted by atomic mass is 9.56. The fourth-order valence-electron chi connectivity index (χ4n) is 4.99. The molecule has 1 heterocycles. The molecular weight excluding hydrogens is 324 g/mol. The molecule has 5 rings (SSSR count). The molecule has 138 valence electrons. The van der Waals surface area contributed by atoms with Gasteiger partial charge in [-0.3, -0.25) is 4.98 Å². The first kappa shape index (κ1) is 17.3. The van der Waals surface area contributed by atoms with Gasteiger partial charge in [-0.1, -0.05) is 6.07 Å². The van der Waals surface area contributed by atoms with Gasteiger partial charge in [0.05, 0.1) is 24.1 Å². The van der Waals surface area contributed by atoms with Crippen LogP contribution in [0.1, 0.15) is 51.1 Å². The van der Waals surface area contributed by atoms with Gasteiger partial charge in [0, 0.05) is 22.9 Å². The monoisotopic (exact) mass is 352 g/mol. The van der Waals surface area contributed by atoms with E-state index < -0.39 is 0 Å². The fourth-order valence-corrected chi connectivity index (χ4v) is 4.99. The Labute approximate surface area is 155 Å². The summed E-state index contributed by atoms with van der Waals surface area (Å²) in [5, 5.41) is 14.4. The number of nitrogens with zero attached hydrogens (tertiary/aromatic N) is 1. The van der Waals surface area contributed by atoms with Crippen molar-refractivity contribution in [3.8, 4) is 5.75 Å². The Morgan fingerprint density at radius 2 is 1.88 bits per heavy atom. The summed E-state index contributed by atoms with van der Waals surface area (Å²) >= 11 is 0. The molecule has 4 nitrogen and oxygen atoms in total. The van der Waals surface area contributed by atoms with Crippen molar-refractivity contribution in [2.45, 2.75) is 57.5 Å². The average molecular weight is 352 g/mol. The summed E-state index contributed by atoms with van der Waals surface area (Å²) in [5.74, 6) is 1.47. The molecule has 26 heavy (non-hydrogen) atoms. The maximum atomic E-state index is 9.59. The molecule has 0 saturated heterocycles. The van der Waals surface area contributed by atoms with Crippen molar-refractivity contribution in [1.82, 2.24) is 10.3 Å². The predicted octanol–water partition coefficient (Wildman–Crippen LogP) is 4.67. The van der Waals surface area contributed by atoms with E-state index in [1.54, 1.807) is 12.1 Å². The summed E-state index contributed by atoms with van der Waals surface area (Å²) in [4.78, 5) is 4.74. The van der Waals surface area contributed by atoms with Gasteiger partial charge < -0.3 is 15.2 Å². The molecule has 0 aliphatic heterocycles. The van der Waals surface area contributed by atoms with Crippen LogP contribution in [0.15, 0.2) is 42.2 Å². The standard InChI is InChI=1S/C22H28N2O2/c1-3-20(26-2)21-8-11-22(12-9-21,13-10-21)23-15-17-5-4-16-14-18(25)6-7-19(16)24-17/h3-7,14,23,25H,8-13,15H2,1-2H3. The number of aromatic nitrogens is 1. The molecule has 0 spiro atoms. The molecule has 3 aliphatic carbocycles. The Morgan fingerprint density at radius 1 is 1.15 bits per heavy atom. The highest BCUT2D eigenvalue weighted by molar-refractivity contribution is 5.80. The first-order chi connectivity index (χ1) is 12.6. The number of methoxy groups -OCH3 is 1. The Kier molecular flexibility index (Phi) is 4.39. The first-order valence-corrected chi connectivity index (χ1v) is 9.63. The molecule has 1 aromatic carbocycles. The zero-order valence-corrected chi connectivity index (χ0v) is 15.7. The lowest BCUT2D eigenvalue weighted by Gasteiger charge is -2.54. The van der Waals surface area contributed by atoms with Gasteiger partial charge >= 0.3 is 0 Å². The smallest absolute Gasteiger partial charge is 0.116 e. The number of pyridine rings is 1. The van der Waals surface area contributed by atoms with E-state index in [0.717, 1.165) is 23.1 Å². The number of aromatic hydroxyl groups is 1. The normalized spacial score (nSPS) is 28.5. The van der Waals surface area contributed by atoms with Gasteiger partial charge in [-0.05, 0) is 75.8 Å². The van der Waals surface area contributed by atoms with Crippen molar-refractivity contribution < 1.29 is 9.84 Å². The summed E-state index contributed by atoms with van der Waals surface area (Å²) in [6, 6.07) is 9.44. The van der Waals surface area contributed by atoms with Gasteiger partial charge in [0.2, 0.25) is 0 Å². The number of benzene rings is 1. The van der Waals surface area contributed by atoms with Crippen molar-refractivity contribution >= 4 is 10.9 Å². The third-order valence-corrected chi connectivity index (χ3v) is 6.63. The number of rotatable bonds is 5. The molecule has 2 N–H and O–H groups in total. The van der Waals surface area contributed by atoms with Gasteiger partial charge in [-0.25, -0.2) is 0 Å². The van der Waals surface area contributed by atoms with Gasteiger partial charge in [0.15, 0.2) is 0 Å². The molecule has 1 aromatic heterocycles. The first-order valence-electron chi connectivity index (χ1n) is 9.63. The molecule has 4 heteroatoms. The highest BCUT2D eigenvalue weighted by Gasteiger charge is 2.50. The summed E-state index contributed by atoms with van der Waals surface area (Å²) in [7, 11) is 1.81. The second-order valence-corrected chi connectivity index (χ2v) is 7.95. The Hall–Kier alpha value is -2.07. The number of fused-ring (bicyclic) bond motifs is 4. The molecule has 0 radical (unpaired) electrons. The largest absolute Gasteiger partial charge is 0.508 e. The van der Waals surface area contributed by atoms with Crippen LogP contribution in [0.25, 0.3) is 10.9 Å². The topological polar surface area (TPSA) is 54.4 Å². The molecule has 2 bridgehead atoms. The van der Waals surface area contributed by atoms with E-state index in [0.29, 0.717) is 0 Å². The maximum Gasteiger partial charge on any atom is 0.116 e. The minimum absolute atomic E-state index is 0.250. The number of hydrogen-bond donors (Lipinski definition) is 2. The van der Waals surface area contributed by atoms with Crippen molar-refractivity contribution in [2.75, 3.05) is 7.11 Å². The van der Waals surface area contributed by atoms with E-state index in [2.05, 4.69) is 24.4 Å². The van der Waals surface area contributed by atoms with Gasteiger partial charge in [-0.15, -0.1) is 0 Å². The highest BCUT2D eigenvalue weighted by Crippen LogP contribution is 2.56. The van der Waals surface area contributed by atoms with Crippen LogP contribution in [-0.2, 0) is 11.3 Å². The van der Waals surface area contributed by atoms with Gasteiger partial charge in [0.1, 0.15) is 5.75 Å². The van der Waals surface area contributed by atoms with Crippen molar-refractivity contribution in [3.05, 3.63) is 47.9 Å². The lowest BCUT2D eigenvalue weighted by Crippen LogP contribution is -2.55. The van der Waals surface area contributed by atoms with E-state index in [9.17, 15) is 5.11 Å². The van der Waals surface area contributed by atoms with Crippen LogP contribution >= 0.6 is 0 Å². The van der Waals surface area contributed by atoms with Crippen LogP contribution in [0, 0.1) is 5.41 Å². The number of phenols is 1. The van der Waals surface area contributed by atoms with Crippen LogP contribution in [-0.4, -0.2) is 22.7 Å². The summed E-state index contributed by atoms with van der Waals surface area (Å²) in [6.07, 6.45) is 9.38. The average Bonchev–Trinajstić information content (AvgIpc) is 2.69. The molecule has 0 atom stereocenters. The summed E-state index contributed by atoms with van der Waals surface area (Å²) in [5.41, 5.74) is 2.52. The van der Waals surface area contributed by atoms with Crippen molar-refractivity contribution in [3.63, 3.8) is 0 Å². The number of phenolic OH excluding ortho intramolecular Hbond substituents is 1. The number of ether oxygens (including phenoxy) is 1. The molecule has 0 amide bonds. The maximum absolute atomic E-state index is 9.59. The third kappa shape index (κ3) is 2.96. The van der Waals surface area contributed by atoms with E-state index >= 15 is 0 Å². The molecule has 2 aromatic rings. The molecular formula is C22H28N2O2. The van der Waals surface area contributed by atoms with Crippen LogP contribution in [0.2, 0.25) is 0 Å². The third-order valence-electron chi connectivity index (χ3n) is 6.63. The Balaban J connectivity index is 1.44. The van der Waals surface area contributed by atoms with Crippen LogP contribution in [0.5, 0.6) is 5.75 Å². The predicted molar refractivity (Wildman–Crippen MR) is 104 cm³/mol. The SMILES string of the molecule is CC=C(OC)C12CCC(NCc3ccc4cc(O)ccc4n3)(CC1)CC2. The van der Waals surface area contributed by atoms with Crippen LogP contribution < -0.4 is 5.32 Å². The van der Waals surface area contributed by atoms with Gasteiger partial charge in [0.25, 0.3) is 0 Å². The lowest BCUT2D eigenvalue weighted by molar-refractivity contribution is 0.0109.